The topological polar surface area (TPSA) is 71.1 Å². The zero-order valence-electron chi connectivity index (χ0n) is 24.4. The van der Waals surface area contributed by atoms with Crippen LogP contribution in [-0.4, -0.2) is 40.3 Å². The lowest BCUT2D eigenvalue weighted by atomic mass is 9.95. The van der Waals surface area contributed by atoms with Crippen LogP contribution < -0.4 is 10.4 Å². The van der Waals surface area contributed by atoms with E-state index in [1.54, 1.807) is 24.3 Å². The predicted octanol–water partition coefficient (Wildman–Crippen LogP) is 6.72. The molecule has 2 aromatic carbocycles. The zero-order chi connectivity index (χ0) is 29.2. The molecule has 2 atom stereocenters. The molecule has 0 heterocycles. The summed E-state index contributed by atoms with van der Waals surface area (Å²) in [6.45, 7) is 16.9. The van der Waals surface area contributed by atoms with Gasteiger partial charge < -0.3 is 0 Å². The molecule has 0 N–H and O–H groups in total. The van der Waals surface area contributed by atoms with Gasteiger partial charge in [0, 0.05) is 0 Å². The Morgan fingerprint density at radius 3 is 1.27 bits per heavy atom. The Hall–Kier alpha value is -2.79. The minimum atomic E-state index is -1.75. The van der Waals surface area contributed by atoms with Crippen molar-refractivity contribution in [2.45, 2.75) is 89.8 Å². The van der Waals surface area contributed by atoms with E-state index in [9.17, 15) is 9.59 Å². The van der Waals surface area contributed by atoms with Crippen molar-refractivity contribution < 1.29 is 29.1 Å². The van der Waals surface area contributed by atoms with Gasteiger partial charge in [-0.3, -0.25) is 9.78 Å². The van der Waals surface area contributed by atoms with Gasteiger partial charge in [-0.2, -0.15) is 9.78 Å². The molecular formula is C32H44O6Si2. The Kier molecular flexibility index (Phi) is 11.7. The highest BCUT2D eigenvalue weighted by atomic mass is 28.3. The van der Waals surface area contributed by atoms with Gasteiger partial charge in [0.15, 0.2) is 0 Å². The molecular weight excluding hydrogens is 537 g/mol. The molecule has 0 spiro atoms. The molecule has 6 nitrogen and oxygen atoms in total. The van der Waals surface area contributed by atoms with Crippen molar-refractivity contribution in [3.05, 3.63) is 84.2 Å². The van der Waals surface area contributed by atoms with Crippen LogP contribution in [0.15, 0.2) is 73.1 Å². The Morgan fingerprint density at radius 1 is 0.675 bits per heavy atom. The average molecular weight is 581 g/mol. The Balaban J connectivity index is 1.56. The first-order valence-corrected chi connectivity index (χ1v) is 19.5. The summed E-state index contributed by atoms with van der Waals surface area (Å²) in [6, 6.07) is 19.4. The van der Waals surface area contributed by atoms with E-state index >= 15 is 0 Å². The van der Waals surface area contributed by atoms with Gasteiger partial charge >= 0.3 is 11.9 Å². The maximum atomic E-state index is 12.7. The first kappa shape index (κ1) is 31.7. The smallest absolute Gasteiger partial charge is 0.292 e. The number of hydrogen-bond donors (Lipinski definition) is 0. The second kappa shape index (κ2) is 14.7. The summed E-state index contributed by atoms with van der Waals surface area (Å²) in [7, 11) is -3.49. The second-order valence-corrected chi connectivity index (χ2v) is 20.0. The molecule has 0 saturated heterocycles. The van der Waals surface area contributed by atoms with E-state index in [0.29, 0.717) is 24.0 Å². The van der Waals surface area contributed by atoms with Gasteiger partial charge in [0.2, 0.25) is 0 Å². The van der Waals surface area contributed by atoms with E-state index in [2.05, 4.69) is 52.3 Å². The molecule has 216 valence electrons. The lowest BCUT2D eigenvalue weighted by Gasteiger charge is -2.28. The molecule has 1 aliphatic carbocycles. The Labute approximate surface area is 241 Å². The lowest BCUT2D eigenvalue weighted by molar-refractivity contribution is -0.352. The van der Waals surface area contributed by atoms with Crippen molar-refractivity contribution in [2.75, 3.05) is 0 Å². The minimum absolute atomic E-state index is 0.417. The fourth-order valence-corrected chi connectivity index (χ4v) is 11.5. The van der Waals surface area contributed by atoms with Crippen molar-refractivity contribution in [2.24, 2.45) is 0 Å². The first-order valence-electron chi connectivity index (χ1n) is 14.6. The molecule has 1 fully saturated rings. The zero-order valence-corrected chi connectivity index (χ0v) is 26.4. The quantitative estimate of drug-likeness (QED) is 0.140. The minimum Gasteiger partial charge on any atom is -0.292 e. The number of rotatable bonds is 14. The van der Waals surface area contributed by atoms with Crippen molar-refractivity contribution in [1.82, 2.24) is 0 Å². The first-order chi connectivity index (χ1) is 19.3. The molecule has 3 rings (SSSR count). The fourth-order valence-electron chi connectivity index (χ4n) is 5.60. The predicted molar refractivity (Wildman–Crippen MR) is 165 cm³/mol. The van der Waals surface area contributed by atoms with Crippen molar-refractivity contribution >= 4 is 38.5 Å². The second-order valence-electron chi connectivity index (χ2n) is 10.6. The average Bonchev–Trinajstić information content (AvgIpc) is 3.02. The van der Waals surface area contributed by atoms with E-state index < -0.39 is 40.3 Å². The Bertz CT molecular complexity index is 1050. The summed E-state index contributed by atoms with van der Waals surface area (Å²) < 4.78 is 0. The van der Waals surface area contributed by atoms with Gasteiger partial charge in [-0.1, -0.05) is 111 Å². The summed E-state index contributed by atoms with van der Waals surface area (Å²) in [5.74, 6) is -1.13. The maximum Gasteiger partial charge on any atom is 0.373 e. The third-order valence-electron chi connectivity index (χ3n) is 8.83. The molecule has 0 radical (unpaired) electrons. The third kappa shape index (κ3) is 7.10. The van der Waals surface area contributed by atoms with Crippen LogP contribution in [0.4, 0.5) is 0 Å². The number of carbonyl (C=O) groups excluding carboxylic acids is 2. The van der Waals surface area contributed by atoms with Crippen molar-refractivity contribution in [1.29, 1.82) is 0 Å². The highest BCUT2D eigenvalue weighted by molar-refractivity contribution is 6.96. The molecule has 8 heteroatoms. The largest absolute Gasteiger partial charge is 0.373 e. The lowest BCUT2D eigenvalue weighted by Crippen LogP contribution is -2.44. The van der Waals surface area contributed by atoms with Gasteiger partial charge in [-0.05, 0) is 37.1 Å². The Morgan fingerprint density at radius 2 is 1.00 bits per heavy atom. The number of benzene rings is 2. The monoisotopic (exact) mass is 580 g/mol. The fraction of sp³-hybridized carbons (Fsp3) is 0.438. The summed E-state index contributed by atoms with van der Waals surface area (Å²) in [6.07, 6.45) is 2.01. The van der Waals surface area contributed by atoms with Crippen LogP contribution in [0.3, 0.4) is 0 Å². The molecule has 40 heavy (non-hydrogen) atoms. The maximum absolute atomic E-state index is 12.7. The van der Waals surface area contributed by atoms with Gasteiger partial charge in [-0.15, -0.1) is 13.2 Å². The van der Waals surface area contributed by atoms with Crippen LogP contribution in [0.25, 0.3) is 0 Å². The van der Waals surface area contributed by atoms with E-state index in [-0.39, 0.29) is 0 Å². The highest BCUT2D eigenvalue weighted by Gasteiger charge is 2.32. The summed E-state index contributed by atoms with van der Waals surface area (Å²) in [5, 5.41) is 2.50. The van der Waals surface area contributed by atoms with Gasteiger partial charge in [0.25, 0.3) is 0 Å². The van der Waals surface area contributed by atoms with Gasteiger partial charge in [-0.25, -0.2) is 9.59 Å². The van der Waals surface area contributed by atoms with Crippen LogP contribution in [-0.2, 0) is 19.6 Å². The van der Waals surface area contributed by atoms with Crippen LogP contribution >= 0.6 is 0 Å². The number of hydrogen-bond acceptors (Lipinski definition) is 6. The summed E-state index contributed by atoms with van der Waals surface area (Å²) >= 11 is 0. The van der Waals surface area contributed by atoms with Crippen LogP contribution in [0.1, 0.15) is 74.1 Å². The number of carbonyl (C=O) groups is 2. The normalized spacial score (nSPS) is 17.6. The molecule has 0 aliphatic heterocycles. The van der Waals surface area contributed by atoms with E-state index in [1.807, 2.05) is 24.3 Å². The SMILES string of the molecule is C=C[Si](CC)(CC)c1ccc(C(=O)OOC2CCCCC2OOC(=O)c2ccc([Si](C=C)(CC)CC)cc2)cc1. The van der Waals surface area contributed by atoms with Crippen molar-refractivity contribution in [3.8, 4) is 0 Å². The molecule has 0 bridgehead atoms. The van der Waals surface area contributed by atoms with E-state index in [4.69, 9.17) is 19.6 Å². The molecule has 1 aliphatic rings. The standard InChI is InChI=1S/C32H44O6Si2/c1-7-39(8-2,9-3)27-21-17-25(18-22-27)31(33)37-35-29-15-13-14-16-30(29)36-38-32(34)26-19-23-28(24-20-26)40(10-4,11-5)12-6/h7,10,17-24,29-30H,1,4,8-9,11-16H2,2-3,5-6H3. The molecule has 2 unspecified atom stereocenters. The molecule has 0 amide bonds. The van der Waals surface area contributed by atoms with Crippen LogP contribution in [0.5, 0.6) is 0 Å². The summed E-state index contributed by atoms with van der Waals surface area (Å²) in [4.78, 5) is 46.8. The molecule has 0 aromatic heterocycles. The van der Waals surface area contributed by atoms with Crippen LogP contribution in [0, 0.1) is 0 Å². The van der Waals surface area contributed by atoms with Gasteiger partial charge in [0.1, 0.15) is 28.4 Å². The summed E-state index contributed by atoms with van der Waals surface area (Å²) in [5.41, 5.74) is 5.06. The highest BCUT2D eigenvalue weighted by Crippen LogP contribution is 2.25. The third-order valence-corrected chi connectivity index (χ3v) is 18.4. The molecule has 2 aromatic rings. The van der Waals surface area contributed by atoms with Crippen LogP contribution in [0.2, 0.25) is 24.2 Å². The molecule has 1 saturated carbocycles. The van der Waals surface area contributed by atoms with E-state index in [0.717, 1.165) is 37.0 Å². The van der Waals surface area contributed by atoms with Gasteiger partial charge in [0.05, 0.1) is 11.1 Å². The van der Waals surface area contributed by atoms with Crippen molar-refractivity contribution in [3.63, 3.8) is 0 Å². The van der Waals surface area contributed by atoms with E-state index in [1.165, 1.54) is 10.4 Å².